The van der Waals surface area contributed by atoms with Gasteiger partial charge in [-0.05, 0) is 73.5 Å². The molecule has 1 aromatic heterocycles. The molecule has 0 unspecified atom stereocenters. The fourth-order valence-electron chi connectivity index (χ4n) is 2.32. The molecule has 1 heterocycles. The van der Waals surface area contributed by atoms with Crippen LogP contribution in [0, 0.1) is 13.8 Å². The summed E-state index contributed by atoms with van der Waals surface area (Å²) < 4.78 is 0. The van der Waals surface area contributed by atoms with Crippen molar-refractivity contribution in [2.45, 2.75) is 13.8 Å². The summed E-state index contributed by atoms with van der Waals surface area (Å²) in [7, 11) is 0. The molecule has 120 valence electrons. The van der Waals surface area contributed by atoms with Gasteiger partial charge in [0.25, 0.3) is 5.91 Å². The quantitative estimate of drug-likeness (QED) is 0.733. The molecule has 2 N–H and O–H groups in total. The second-order valence-corrected chi connectivity index (χ2v) is 5.70. The number of aromatic nitrogens is 1. The molecule has 1 amide bonds. The van der Waals surface area contributed by atoms with Gasteiger partial charge in [0.2, 0.25) is 0 Å². The first-order chi connectivity index (χ1) is 11.6. The molecule has 0 saturated carbocycles. The fourth-order valence-corrected chi connectivity index (χ4v) is 2.32. The predicted molar refractivity (Wildman–Crippen MR) is 97.8 cm³/mol. The number of hydrogen-bond donors (Lipinski definition) is 2. The molecule has 0 saturated heterocycles. The minimum atomic E-state index is -0.169. The number of benzene rings is 2. The summed E-state index contributed by atoms with van der Waals surface area (Å²) in [5.74, 6) is -0.169. The Bertz CT molecular complexity index is 843. The molecule has 4 nitrogen and oxygen atoms in total. The Morgan fingerprint density at radius 2 is 1.58 bits per heavy atom. The van der Waals surface area contributed by atoms with Crippen LogP contribution in [0.15, 0.2) is 67.0 Å². The van der Waals surface area contributed by atoms with E-state index in [1.54, 1.807) is 24.5 Å². The van der Waals surface area contributed by atoms with Gasteiger partial charge in [0.15, 0.2) is 0 Å². The van der Waals surface area contributed by atoms with Crippen LogP contribution in [0.5, 0.6) is 0 Å². The van der Waals surface area contributed by atoms with Gasteiger partial charge in [-0.2, -0.15) is 0 Å². The number of aryl methyl sites for hydroxylation is 2. The number of nitrogens with one attached hydrogen (secondary N) is 2. The number of nitrogens with zero attached hydrogens (tertiary/aromatic N) is 1. The number of amides is 1. The Morgan fingerprint density at radius 3 is 2.25 bits per heavy atom. The van der Waals surface area contributed by atoms with Gasteiger partial charge in [-0.15, -0.1) is 0 Å². The molecule has 4 heteroatoms. The predicted octanol–water partition coefficient (Wildman–Crippen LogP) is 4.69. The van der Waals surface area contributed by atoms with Crippen molar-refractivity contribution in [3.05, 3.63) is 83.7 Å². The van der Waals surface area contributed by atoms with Crippen molar-refractivity contribution in [2.75, 3.05) is 10.6 Å². The van der Waals surface area contributed by atoms with Gasteiger partial charge in [-0.3, -0.25) is 9.78 Å². The number of carbonyl (C=O) groups excluding carboxylic acids is 1. The third-order valence-electron chi connectivity index (χ3n) is 3.86. The molecular formula is C20H19N3O. The highest BCUT2D eigenvalue weighted by Crippen LogP contribution is 2.21. The van der Waals surface area contributed by atoms with Gasteiger partial charge in [0, 0.05) is 29.5 Å². The maximum atomic E-state index is 12.1. The van der Waals surface area contributed by atoms with Gasteiger partial charge in [-0.1, -0.05) is 6.07 Å². The number of anilines is 3. The Hall–Kier alpha value is -3.14. The van der Waals surface area contributed by atoms with Crippen molar-refractivity contribution in [3.63, 3.8) is 0 Å². The van der Waals surface area contributed by atoms with Crippen LogP contribution in [-0.4, -0.2) is 10.9 Å². The number of carbonyl (C=O) groups is 1. The first kappa shape index (κ1) is 15.7. The third kappa shape index (κ3) is 3.79. The Balaban J connectivity index is 1.67. The summed E-state index contributed by atoms with van der Waals surface area (Å²) in [5, 5.41) is 6.22. The van der Waals surface area contributed by atoms with Crippen molar-refractivity contribution in [1.29, 1.82) is 0 Å². The first-order valence-corrected chi connectivity index (χ1v) is 7.77. The average Bonchev–Trinajstić information content (AvgIpc) is 2.61. The van der Waals surface area contributed by atoms with E-state index in [2.05, 4.69) is 47.7 Å². The summed E-state index contributed by atoms with van der Waals surface area (Å²) in [6, 6.07) is 17.4. The highest BCUT2D eigenvalue weighted by Gasteiger charge is 2.05. The van der Waals surface area contributed by atoms with Crippen LogP contribution in [0.3, 0.4) is 0 Å². The van der Waals surface area contributed by atoms with Crippen LogP contribution in [0.1, 0.15) is 21.5 Å². The zero-order valence-corrected chi connectivity index (χ0v) is 13.7. The van der Waals surface area contributed by atoms with E-state index < -0.39 is 0 Å². The van der Waals surface area contributed by atoms with Gasteiger partial charge in [0.1, 0.15) is 0 Å². The summed E-state index contributed by atoms with van der Waals surface area (Å²) in [4.78, 5) is 16.0. The smallest absolute Gasteiger partial charge is 0.257 e. The Kier molecular flexibility index (Phi) is 4.57. The summed E-state index contributed by atoms with van der Waals surface area (Å²) in [6.07, 6.45) is 3.19. The van der Waals surface area contributed by atoms with Gasteiger partial charge < -0.3 is 10.6 Å². The third-order valence-corrected chi connectivity index (χ3v) is 3.86. The molecule has 0 fully saturated rings. The summed E-state index contributed by atoms with van der Waals surface area (Å²) in [6.45, 7) is 4.19. The van der Waals surface area contributed by atoms with Crippen molar-refractivity contribution >= 4 is 23.0 Å². The van der Waals surface area contributed by atoms with E-state index >= 15 is 0 Å². The van der Waals surface area contributed by atoms with E-state index in [9.17, 15) is 4.79 Å². The van der Waals surface area contributed by atoms with Crippen molar-refractivity contribution in [3.8, 4) is 0 Å². The Labute approximate surface area is 141 Å². The largest absolute Gasteiger partial charge is 0.356 e. The van der Waals surface area contributed by atoms with Crippen molar-refractivity contribution in [1.82, 2.24) is 4.98 Å². The fraction of sp³-hybridized carbons (Fsp3) is 0.100. The highest BCUT2D eigenvalue weighted by molar-refractivity contribution is 6.04. The molecule has 3 rings (SSSR count). The minimum Gasteiger partial charge on any atom is -0.356 e. The van der Waals surface area contributed by atoms with Gasteiger partial charge >= 0.3 is 0 Å². The normalized spacial score (nSPS) is 10.2. The molecule has 0 aliphatic heterocycles. The van der Waals surface area contributed by atoms with Crippen LogP contribution in [0.4, 0.5) is 17.1 Å². The van der Waals surface area contributed by atoms with Crippen LogP contribution in [-0.2, 0) is 0 Å². The standard InChI is InChI=1S/C20H19N3O/c1-14-5-6-19(12-15(14)2)22-17-7-9-18(10-8-17)23-20(24)16-4-3-11-21-13-16/h3-13,22H,1-2H3,(H,23,24). The molecule has 0 aliphatic carbocycles. The lowest BCUT2D eigenvalue weighted by Crippen LogP contribution is -2.11. The molecule has 0 radical (unpaired) electrons. The molecule has 3 aromatic rings. The maximum Gasteiger partial charge on any atom is 0.257 e. The number of rotatable bonds is 4. The van der Waals surface area contributed by atoms with E-state index in [4.69, 9.17) is 0 Å². The number of pyridine rings is 1. The van der Waals surface area contributed by atoms with Crippen LogP contribution >= 0.6 is 0 Å². The van der Waals surface area contributed by atoms with Gasteiger partial charge in [-0.25, -0.2) is 0 Å². The first-order valence-electron chi connectivity index (χ1n) is 7.77. The van der Waals surface area contributed by atoms with E-state index in [-0.39, 0.29) is 5.91 Å². The topological polar surface area (TPSA) is 54.0 Å². The zero-order valence-electron chi connectivity index (χ0n) is 13.7. The zero-order chi connectivity index (χ0) is 16.9. The second-order valence-electron chi connectivity index (χ2n) is 5.70. The van der Waals surface area contributed by atoms with Crippen LogP contribution in [0.2, 0.25) is 0 Å². The van der Waals surface area contributed by atoms with Crippen LogP contribution < -0.4 is 10.6 Å². The monoisotopic (exact) mass is 317 g/mol. The number of hydrogen-bond acceptors (Lipinski definition) is 3. The lowest BCUT2D eigenvalue weighted by atomic mass is 10.1. The van der Waals surface area contributed by atoms with Crippen LogP contribution in [0.25, 0.3) is 0 Å². The van der Waals surface area contributed by atoms with Crippen molar-refractivity contribution in [2.24, 2.45) is 0 Å². The SMILES string of the molecule is Cc1ccc(Nc2ccc(NC(=O)c3cccnc3)cc2)cc1C. The molecule has 0 aliphatic rings. The minimum absolute atomic E-state index is 0.169. The van der Waals surface area contributed by atoms with E-state index in [0.29, 0.717) is 5.56 Å². The molecular weight excluding hydrogens is 298 g/mol. The Morgan fingerprint density at radius 1 is 0.875 bits per heavy atom. The highest BCUT2D eigenvalue weighted by atomic mass is 16.1. The molecule has 24 heavy (non-hydrogen) atoms. The molecule has 0 atom stereocenters. The second kappa shape index (κ2) is 6.96. The van der Waals surface area contributed by atoms with E-state index in [1.807, 2.05) is 24.3 Å². The molecule has 2 aromatic carbocycles. The molecule has 0 bridgehead atoms. The van der Waals surface area contributed by atoms with E-state index in [0.717, 1.165) is 17.1 Å². The van der Waals surface area contributed by atoms with E-state index in [1.165, 1.54) is 11.1 Å². The maximum absolute atomic E-state index is 12.1. The van der Waals surface area contributed by atoms with Gasteiger partial charge in [0.05, 0.1) is 5.56 Å². The summed E-state index contributed by atoms with van der Waals surface area (Å²) >= 11 is 0. The average molecular weight is 317 g/mol. The lowest BCUT2D eigenvalue weighted by molar-refractivity contribution is 0.102. The summed E-state index contributed by atoms with van der Waals surface area (Å²) in [5.41, 5.74) is 5.82. The van der Waals surface area contributed by atoms with Crippen molar-refractivity contribution < 1.29 is 4.79 Å². The molecule has 0 spiro atoms. The lowest BCUT2D eigenvalue weighted by Gasteiger charge is -2.10.